The number of ether oxygens (including phenoxy) is 2. The third kappa shape index (κ3) is 2.31. The van der Waals surface area contributed by atoms with Gasteiger partial charge in [-0.15, -0.1) is 0 Å². The van der Waals surface area contributed by atoms with Gasteiger partial charge in [0.15, 0.2) is 0 Å². The molecule has 5 heteroatoms. The molecule has 0 aromatic heterocycles. The van der Waals surface area contributed by atoms with Gasteiger partial charge < -0.3 is 14.4 Å². The van der Waals surface area contributed by atoms with Gasteiger partial charge in [-0.05, 0) is 40.0 Å². The predicted octanol–water partition coefficient (Wildman–Crippen LogP) is 1.81. The summed E-state index contributed by atoms with van der Waals surface area (Å²) in [6, 6.07) is 0. The van der Waals surface area contributed by atoms with Crippen molar-refractivity contribution in [3.63, 3.8) is 0 Å². The second kappa shape index (κ2) is 4.14. The van der Waals surface area contributed by atoms with Crippen LogP contribution in [0.25, 0.3) is 0 Å². The maximum absolute atomic E-state index is 11.9. The van der Waals surface area contributed by atoms with Gasteiger partial charge >= 0.3 is 12.1 Å². The fourth-order valence-electron chi connectivity index (χ4n) is 2.54. The summed E-state index contributed by atoms with van der Waals surface area (Å²) in [7, 11) is 0. The second-order valence-electron chi connectivity index (χ2n) is 6.14. The van der Waals surface area contributed by atoms with Gasteiger partial charge in [-0.3, -0.25) is 4.79 Å². The summed E-state index contributed by atoms with van der Waals surface area (Å²) in [6.45, 7) is 8.74. The Balaban J connectivity index is 1.94. The van der Waals surface area contributed by atoms with Crippen molar-refractivity contribution in [2.75, 3.05) is 19.7 Å². The zero-order chi connectivity index (χ0) is 13.6. The highest BCUT2D eigenvalue weighted by molar-refractivity contribution is 5.83. The van der Waals surface area contributed by atoms with E-state index in [1.807, 2.05) is 20.8 Å². The lowest BCUT2D eigenvalue weighted by Crippen LogP contribution is -2.38. The number of amides is 1. The van der Waals surface area contributed by atoms with Crippen LogP contribution in [0.2, 0.25) is 0 Å². The molecule has 18 heavy (non-hydrogen) atoms. The summed E-state index contributed by atoms with van der Waals surface area (Å²) in [4.78, 5) is 25.4. The van der Waals surface area contributed by atoms with Crippen LogP contribution in [0.4, 0.5) is 4.79 Å². The Morgan fingerprint density at radius 3 is 2.61 bits per heavy atom. The molecule has 0 aromatic carbocycles. The lowest BCUT2D eigenvalue weighted by atomic mass is 10.1. The molecule has 5 nitrogen and oxygen atoms in total. The van der Waals surface area contributed by atoms with Crippen molar-refractivity contribution < 1.29 is 19.1 Å². The van der Waals surface area contributed by atoms with Gasteiger partial charge in [0.25, 0.3) is 0 Å². The molecule has 1 amide bonds. The number of likely N-dealkylation sites (tertiary alicyclic amines) is 1. The van der Waals surface area contributed by atoms with Gasteiger partial charge in [0.05, 0.1) is 12.0 Å². The molecular weight excluding hydrogens is 234 g/mol. The highest BCUT2D eigenvalue weighted by Gasteiger charge is 2.67. The van der Waals surface area contributed by atoms with Crippen molar-refractivity contribution in [2.24, 2.45) is 11.3 Å². The molecule has 1 saturated heterocycles. The van der Waals surface area contributed by atoms with E-state index in [9.17, 15) is 9.59 Å². The lowest BCUT2D eigenvalue weighted by molar-refractivity contribution is -0.149. The summed E-state index contributed by atoms with van der Waals surface area (Å²) in [5.74, 6) is 0.0881. The van der Waals surface area contributed by atoms with E-state index >= 15 is 0 Å². The van der Waals surface area contributed by atoms with Gasteiger partial charge in [-0.25, -0.2) is 4.79 Å². The van der Waals surface area contributed by atoms with Gasteiger partial charge in [0.1, 0.15) is 5.60 Å². The molecule has 2 fully saturated rings. The van der Waals surface area contributed by atoms with E-state index in [0.717, 1.165) is 6.42 Å². The van der Waals surface area contributed by atoms with E-state index < -0.39 is 11.0 Å². The Bertz CT molecular complexity index is 374. The molecule has 0 bridgehead atoms. The summed E-state index contributed by atoms with van der Waals surface area (Å²) in [6.07, 6.45) is 0.504. The first-order chi connectivity index (χ1) is 8.28. The van der Waals surface area contributed by atoms with Crippen molar-refractivity contribution in [3.05, 3.63) is 0 Å². The van der Waals surface area contributed by atoms with Crippen molar-refractivity contribution in [1.82, 2.24) is 4.90 Å². The van der Waals surface area contributed by atoms with Crippen molar-refractivity contribution in [1.29, 1.82) is 0 Å². The first-order valence-electron chi connectivity index (χ1n) is 6.43. The predicted molar refractivity (Wildman–Crippen MR) is 65.0 cm³/mol. The van der Waals surface area contributed by atoms with Crippen LogP contribution in [-0.2, 0) is 14.3 Å². The molecule has 1 aliphatic carbocycles. The molecule has 0 spiro atoms. The summed E-state index contributed by atoms with van der Waals surface area (Å²) in [5, 5.41) is 0. The molecule has 2 atom stereocenters. The summed E-state index contributed by atoms with van der Waals surface area (Å²) in [5.41, 5.74) is -0.937. The van der Waals surface area contributed by atoms with Crippen molar-refractivity contribution in [2.45, 2.75) is 39.7 Å². The normalized spacial score (nSPS) is 29.8. The largest absolute Gasteiger partial charge is 0.466 e. The molecule has 0 unspecified atom stereocenters. The summed E-state index contributed by atoms with van der Waals surface area (Å²) >= 11 is 0. The van der Waals surface area contributed by atoms with Crippen LogP contribution in [0.3, 0.4) is 0 Å². The maximum Gasteiger partial charge on any atom is 0.410 e. The van der Waals surface area contributed by atoms with E-state index in [-0.39, 0.29) is 18.0 Å². The van der Waals surface area contributed by atoms with Crippen molar-refractivity contribution >= 4 is 12.1 Å². The topological polar surface area (TPSA) is 55.8 Å². The van der Waals surface area contributed by atoms with Gasteiger partial charge in [0, 0.05) is 13.1 Å². The van der Waals surface area contributed by atoms with E-state index in [4.69, 9.17) is 9.47 Å². The lowest BCUT2D eigenvalue weighted by Gasteiger charge is -2.26. The second-order valence-corrected chi connectivity index (χ2v) is 6.14. The SMILES string of the molecule is CCOC(=O)[C@@]12C[C@H]1CN(C(=O)OC(C)(C)C)C2. The number of rotatable bonds is 2. The standard InChI is InChI=1S/C13H21NO4/c1-5-17-10(15)13-6-9(13)7-14(8-13)11(16)18-12(2,3)4/h9H,5-8H2,1-4H3/t9-,13+/m0/s1. The van der Waals surface area contributed by atoms with Crippen LogP contribution >= 0.6 is 0 Å². The number of carbonyl (C=O) groups is 2. The maximum atomic E-state index is 11.9. The fraction of sp³-hybridized carbons (Fsp3) is 0.846. The average molecular weight is 255 g/mol. The zero-order valence-electron chi connectivity index (χ0n) is 11.5. The minimum Gasteiger partial charge on any atom is -0.466 e. The minimum atomic E-state index is -0.499. The molecule has 1 aliphatic heterocycles. The van der Waals surface area contributed by atoms with Crippen LogP contribution in [0.5, 0.6) is 0 Å². The number of fused-ring (bicyclic) bond motifs is 1. The number of carbonyl (C=O) groups excluding carboxylic acids is 2. The Labute approximate surface area is 107 Å². The average Bonchev–Trinajstić information content (AvgIpc) is 2.80. The first kappa shape index (κ1) is 13.2. The minimum absolute atomic E-state index is 0.166. The van der Waals surface area contributed by atoms with E-state index in [1.54, 1.807) is 11.8 Å². The number of hydrogen-bond acceptors (Lipinski definition) is 4. The highest BCUT2D eigenvalue weighted by atomic mass is 16.6. The Hall–Kier alpha value is -1.26. The van der Waals surface area contributed by atoms with Crippen LogP contribution in [-0.4, -0.2) is 42.3 Å². The Kier molecular flexibility index (Phi) is 3.03. The quantitative estimate of drug-likeness (QED) is 0.706. The van der Waals surface area contributed by atoms with Gasteiger partial charge in [-0.2, -0.15) is 0 Å². The smallest absolute Gasteiger partial charge is 0.410 e. The Morgan fingerprint density at radius 2 is 2.06 bits per heavy atom. The molecule has 1 saturated carbocycles. The number of piperidine rings is 1. The molecule has 1 heterocycles. The molecule has 0 radical (unpaired) electrons. The monoisotopic (exact) mass is 255 g/mol. The number of esters is 1. The molecule has 102 valence electrons. The molecule has 0 aromatic rings. The fourth-order valence-corrected chi connectivity index (χ4v) is 2.54. The number of nitrogens with zero attached hydrogens (tertiary/aromatic N) is 1. The van der Waals surface area contributed by atoms with Gasteiger partial charge in [0.2, 0.25) is 0 Å². The van der Waals surface area contributed by atoms with Crippen LogP contribution in [0.15, 0.2) is 0 Å². The Morgan fingerprint density at radius 1 is 1.39 bits per heavy atom. The summed E-state index contributed by atoms with van der Waals surface area (Å²) < 4.78 is 10.4. The highest BCUT2D eigenvalue weighted by Crippen LogP contribution is 2.58. The molecule has 0 N–H and O–H groups in total. The molecule has 2 aliphatic rings. The van der Waals surface area contributed by atoms with Crippen LogP contribution in [0.1, 0.15) is 34.1 Å². The van der Waals surface area contributed by atoms with Crippen molar-refractivity contribution in [3.8, 4) is 0 Å². The van der Waals surface area contributed by atoms with E-state index in [1.165, 1.54) is 0 Å². The van der Waals surface area contributed by atoms with Crippen LogP contribution in [0, 0.1) is 11.3 Å². The third-order valence-corrected chi connectivity index (χ3v) is 3.48. The number of hydrogen-bond donors (Lipinski definition) is 0. The molecule has 2 rings (SSSR count). The third-order valence-electron chi connectivity index (χ3n) is 3.48. The van der Waals surface area contributed by atoms with Crippen LogP contribution < -0.4 is 0 Å². The van der Waals surface area contributed by atoms with E-state index in [2.05, 4.69) is 0 Å². The van der Waals surface area contributed by atoms with Gasteiger partial charge in [-0.1, -0.05) is 0 Å². The first-order valence-corrected chi connectivity index (χ1v) is 6.43. The molecular formula is C13H21NO4. The zero-order valence-corrected chi connectivity index (χ0v) is 11.5. The van der Waals surface area contributed by atoms with E-state index in [0.29, 0.717) is 19.7 Å².